The van der Waals surface area contributed by atoms with Gasteiger partial charge < -0.3 is 10.6 Å². The van der Waals surface area contributed by atoms with Crippen LogP contribution in [-0.2, 0) is 17.8 Å². The third-order valence-corrected chi connectivity index (χ3v) is 5.56. The molecule has 0 aliphatic carbocycles. The number of halogens is 1. The molecule has 0 saturated carbocycles. The van der Waals surface area contributed by atoms with E-state index in [0.717, 1.165) is 11.1 Å². The molecule has 8 nitrogen and oxygen atoms in total. The van der Waals surface area contributed by atoms with Crippen molar-refractivity contribution < 1.29 is 4.79 Å². The number of rotatable bonds is 7. The minimum atomic E-state index is -0.265. The molecule has 164 valence electrons. The molecular formula is C23H23ClN6O2. The number of hydrogen-bond donors (Lipinski definition) is 3. The largest absolute Gasteiger partial charge is 0.351 e. The van der Waals surface area contributed by atoms with Gasteiger partial charge in [-0.3, -0.25) is 14.7 Å². The Morgan fingerprint density at radius 2 is 1.91 bits per heavy atom. The monoisotopic (exact) mass is 450 g/mol. The fourth-order valence-corrected chi connectivity index (χ4v) is 3.52. The average Bonchev–Trinajstić information content (AvgIpc) is 3.18. The standard InChI is InChI=1S/C23H23ClN6O2/c1-14-8-9-17(12-19(14)24)27-20(31)11-10-18-15(2)26-23-28-22(29-30(23)21(18)32)25-13-16-6-4-3-5-7-16/h3-9,12H,10-11,13H2,1-2H3,(H,27,31)(H2,25,26,28,29). The minimum Gasteiger partial charge on any atom is -0.351 e. The maximum Gasteiger partial charge on any atom is 0.277 e. The lowest BCUT2D eigenvalue weighted by atomic mass is 10.1. The first kappa shape index (κ1) is 21.6. The van der Waals surface area contributed by atoms with E-state index in [4.69, 9.17) is 11.6 Å². The van der Waals surface area contributed by atoms with Crippen LogP contribution in [0.5, 0.6) is 0 Å². The van der Waals surface area contributed by atoms with Gasteiger partial charge in [0.2, 0.25) is 11.9 Å². The van der Waals surface area contributed by atoms with Gasteiger partial charge in [-0.05, 0) is 43.5 Å². The number of nitrogens with zero attached hydrogens (tertiary/aromatic N) is 3. The van der Waals surface area contributed by atoms with Crippen LogP contribution >= 0.6 is 11.6 Å². The highest BCUT2D eigenvalue weighted by Gasteiger charge is 2.15. The lowest BCUT2D eigenvalue weighted by molar-refractivity contribution is -0.116. The first-order chi connectivity index (χ1) is 15.4. The summed E-state index contributed by atoms with van der Waals surface area (Å²) in [6, 6.07) is 15.2. The first-order valence-electron chi connectivity index (χ1n) is 10.2. The zero-order valence-corrected chi connectivity index (χ0v) is 18.5. The zero-order chi connectivity index (χ0) is 22.7. The van der Waals surface area contributed by atoms with Crippen molar-refractivity contribution in [3.63, 3.8) is 0 Å². The van der Waals surface area contributed by atoms with Crippen LogP contribution in [0.25, 0.3) is 5.78 Å². The van der Waals surface area contributed by atoms with Gasteiger partial charge >= 0.3 is 0 Å². The van der Waals surface area contributed by atoms with Crippen molar-refractivity contribution in [1.29, 1.82) is 0 Å². The second-order valence-electron chi connectivity index (χ2n) is 7.54. The third kappa shape index (κ3) is 4.81. The van der Waals surface area contributed by atoms with Crippen LogP contribution < -0.4 is 16.2 Å². The summed E-state index contributed by atoms with van der Waals surface area (Å²) in [6.45, 7) is 4.20. The molecular weight excluding hydrogens is 428 g/mol. The number of hydrogen-bond acceptors (Lipinski definition) is 5. The van der Waals surface area contributed by atoms with E-state index in [1.807, 2.05) is 43.3 Å². The quantitative estimate of drug-likeness (QED) is 0.396. The Kier molecular flexibility index (Phi) is 6.23. The van der Waals surface area contributed by atoms with Crippen molar-refractivity contribution in [2.45, 2.75) is 33.2 Å². The molecule has 0 saturated heterocycles. The molecule has 1 amide bonds. The number of carbonyl (C=O) groups excluding carboxylic acids is 1. The number of benzene rings is 2. The molecule has 9 heteroatoms. The number of aromatic nitrogens is 4. The Hall–Kier alpha value is -3.65. The Morgan fingerprint density at radius 1 is 1.12 bits per heavy atom. The van der Waals surface area contributed by atoms with Crippen LogP contribution in [0.4, 0.5) is 11.6 Å². The van der Waals surface area contributed by atoms with Gasteiger partial charge in [-0.25, -0.2) is 4.98 Å². The summed E-state index contributed by atoms with van der Waals surface area (Å²) in [5.74, 6) is 0.526. The van der Waals surface area contributed by atoms with E-state index in [2.05, 4.69) is 25.7 Å². The number of aromatic amines is 1. The first-order valence-corrected chi connectivity index (χ1v) is 10.6. The molecule has 2 aromatic heterocycles. The molecule has 0 bridgehead atoms. The molecule has 0 spiro atoms. The molecule has 3 N–H and O–H groups in total. The number of aryl methyl sites for hydroxylation is 2. The topological polar surface area (TPSA) is 104 Å². The molecule has 0 radical (unpaired) electrons. The second-order valence-corrected chi connectivity index (χ2v) is 7.95. The van der Waals surface area contributed by atoms with Crippen molar-refractivity contribution in [3.05, 3.63) is 86.3 Å². The van der Waals surface area contributed by atoms with Crippen LogP contribution in [-0.4, -0.2) is 25.5 Å². The predicted octanol–water partition coefficient (Wildman–Crippen LogP) is 3.87. The fraction of sp³-hybridized carbons (Fsp3) is 0.217. The van der Waals surface area contributed by atoms with Gasteiger partial charge in [-0.1, -0.05) is 48.0 Å². The lowest BCUT2D eigenvalue weighted by Gasteiger charge is -2.08. The summed E-state index contributed by atoms with van der Waals surface area (Å²) >= 11 is 6.11. The number of fused-ring (bicyclic) bond motifs is 1. The average molecular weight is 451 g/mol. The van der Waals surface area contributed by atoms with E-state index in [-0.39, 0.29) is 30.1 Å². The molecule has 4 rings (SSSR count). The summed E-state index contributed by atoms with van der Waals surface area (Å²) in [7, 11) is 0. The zero-order valence-electron chi connectivity index (χ0n) is 17.8. The highest BCUT2D eigenvalue weighted by molar-refractivity contribution is 6.31. The van der Waals surface area contributed by atoms with Gasteiger partial charge in [-0.15, -0.1) is 0 Å². The number of amides is 1. The predicted molar refractivity (Wildman–Crippen MR) is 125 cm³/mol. The molecule has 32 heavy (non-hydrogen) atoms. The third-order valence-electron chi connectivity index (χ3n) is 5.16. The van der Waals surface area contributed by atoms with E-state index in [0.29, 0.717) is 34.5 Å². The van der Waals surface area contributed by atoms with Crippen molar-refractivity contribution in [3.8, 4) is 0 Å². The molecule has 0 fully saturated rings. The summed E-state index contributed by atoms with van der Waals surface area (Å²) in [5.41, 5.74) is 3.41. The van der Waals surface area contributed by atoms with Gasteiger partial charge in [-0.2, -0.15) is 9.50 Å². The number of nitrogens with one attached hydrogen (secondary N) is 3. The van der Waals surface area contributed by atoms with Gasteiger partial charge in [0.25, 0.3) is 11.3 Å². The molecule has 0 aliphatic rings. The molecule has 0 aliphatic heterocycles. The molecule has 2 aromatic carbocycles. The van der Waals surface area contributed by atoms with E-state index in [9.17, 15) is 9.59 Å². The Bertz CT molecular complexity index is 1330. The molecule has 4 aromatic rings. The lowest BCUT2D eigenvalue weighted by Crippen LogP contribution is -2.23. The van der Waals surface area contributed by atoms with Gasteiger partial charge in [0, 0.05) is 29.2 Å². The van der Waals surface area contributed by atoms with Crippen LogP contribution in [0.3, 0.4) is 0 Å². The van der Waals surface area contributed by atoms with E-state index >= 15 is 0 Å². The number of H-pyrrole nitrogens is 1. The normalized spacial score (nSPS) is 11.0. The second kappa shape index (κ2) is 9.23. The van der Waals surface area contributed by atoms with Gasteiger partial charge in [0.1, 0.15) is 0 Å². The highest BCUT2D eigenvalue weighted by Crippen LogP contribution is 2.20. The summed E-state index contributed by atoms with van der Waals surface area (Å²) in [5, 5.41) is 9.50. The maximum absolute atomic E-state index is 13.0. The van der Waals surface area contributed by atoms with Crippen molar-refractivity contribution in [1.82, 2.24) is 19.6 Å². The van der Waals surface area contributed by atoms with Crippen LogP contribution in [0.2, 0.25) is 5.02 Å². The number of anilines is 2. The number of carbonyl (C=O) groups is 1. The van der Waals surface area contributed by atoms with Crippen molar-refractivity contribution >= 4 is 34.9 Å². The van der Waals surface area contributed by atoms with Gasteiger partial charge in [0.05, 0.1) is 5.69 Å². The molecule has 0 unspecified atom stereocenters. The maximum atomic E-state index is 13.0. The fourth-order valence-electron chi connectivity index (χ4n) is 3.34. The van der Waals surface area contributed by atoms with Crippen LogP contribution in [0, 0.1) is 13.8 Å². The van der Waals surface area contributed by atoms with Crippen LogP contribution in [0.1, 0.15) is 28.8 Å². The summed E-state index contributed by atoms with van der Waals surface area (Å²) in [6.07, 6.45) is 0.403. The highest BCUT2D eigenvalue weighted by atomic mass is 35.5. The summed E-state index contributed by atoms with van der Waals surface area (Å²) in [4.78, 5) is 34.1. The molecule has 0 atom stereocenters. The van der Waals surface area contributed by atoms with Crippen molar-refractivity contribution in [2.75, 3.05) is 10.6 Å². The minimum absolute atomic E-state index is 0.141. The van der Waals surface area contributed by atoms with E-state index < -0.39 is 0 Å². The Labute approximate surface area is 189 Å². The van der Waals surface area contributed by atoms with Crippen LogP contribution in [0.15, 0.2) is 53.3 Å². The summed E-state index contributed by atoms with van der Waals surface area (Å²) < 4.78 is 1.30. The molecule has 2 heterocycles. The van der Waals surface area contributed by atoms with Gasteiger partial charge in [0.15, 0.2) is 0 Å². The van der Waals surface area contributed by atoms with E-state index in [1.54, 1.807) is 19.1 Å². The SMILES string of the molecule is Cc1ccc(NC(=O)CCc2c(C)nc3nc(NCc4ccccc4)[nH]n3c2=O)cc1Cl. The van der Waals surface area contributed by atoms with E-state index in [1.165, 1.54) is 4.52 Å². The Balaban J connectivity index is 1.45. The van der Waals surface area contributed by atoms with Crippen molar-refractivity contribution in [2.24, 2.45) is 0 Å². The Morgan fingerprint density at radius 3 is 2.66 bits per heavy atom. The smallest absolute Gasteiger partial charge is 0.277 e.